The maximum atomic E-state index is 12.7. The second kappa shape index (κ2) is 8.14. The minimum absolute atomic E-state index is 0.0101. The van der Waals surface area contributed by atoms with Gasteiger partial charge < -0.3 is 25.0 Å². The van der Waals surface area contributed by atoms with Crippen molar-refractivity contribution in [2.24, 2.45) is 5.41 Å². The average Bonchev–Trinajstić information content (AvgIpc) is 2.85. The zero-order chi connectivity index (χ0) is 18.6. The first-order valence-electron chi connectivity index (χ1n) is 8.75. The second-order valence-corrected chi connectivity index (χ2v) is 7.83. The Bertz CT molecular complexity index is 511. The molecule has 0 spiro atoms. The van der Waals surface area contributed by atoms with E-state index in [4.69, 9.17) is 9.47 Å². The van der Waals surface area contributed by atoms with Crippen LogP contribution in [-0.4, -0.2) is 73.7 Å². The molecule has 0 aromatic rings. The number of ether oxygens (including phenoxy) is 2. The van der Waals surface area contributed by atoms with Crippen molar-refractivity contribution in [2.45, 2.75) is 52.3 Å². The van der Waals surface area contributed by atoms with Gasteiger partial charge in [0.1, 0.15) is 18.7 Å². The van der Waals surface area contributed by atoms with Gasteiger partial charge in [0, 0.05) is 13.1 Å². The van der Waals surface area contributed by atoms with Crippen molar-refractivity contribution < 1.29 is 23.9 Å². The van der Waals surface area contributed by atoms with Crippen molar-refractivity contribution in [2.75, 3.05) is 32.9 Å². The lowest BCUT2D eigenvalue weighted by Gasteiger charge is -2.31. The van der Waals surface area contributed by atoms with Crippen LogP contribution in [0.1, 0.15) is 34.1 Å². The highest BCUT2D eigenvalue weighted by Crippen LogP contribution is 2.21. The highest BCUT2D eigenvalue weighted by molar-refractivity contribution is 5.94. The summed E-state index contributed by atoms with van der Waals surface area (Å²) in [6.07, 6.45) is 0.104. The van der Waals surface area contributed by atoms with Crippen molar-refractivity contribution in [3.05, 3.63) is 0 Å². The van der Waals surface area contributed by atoms with Gasteiger partial charge >= 0.3 is 6.03 Å². The number of ketones is 1. The summed E-state index contributed by atoms with van der Waals surface area (Å²) >= 11 is 0. The number of amides is 3. The lowest BCUT2D eigenvalue weighted by atomic mass is 9.87. The molecule has 0 aromatic heterocycles. The summed E-state index contributed by atoms with van der Waals surface area (Å²) in [6, 6.07) is -1.65. The van der Waals surface area contributed by atoms with Crippen LogP contribution in [0.2, 0.25) is 0 Å². The van der Waals surface area contributed by atoms with Gasteiger partial charge in [-0.2, -0.15) is 0 Å². The Morgan fingerprint density at radius 3 is 2.44 bits per heavy atom. The summed E-state index contributed by atoms with van der Waals surface area (Å²) in [5, 5.41) is 5.55. The van der Waals surface area contributed by atoms with Gasteiger partial charge in [-0.1, -0.05) is 20.8 Å². The Morgan fingerprint density at radius 1 is 1.28 bits per heavy atom. The number of carbonyl (C=O) groups is 3. The Balaban J connectivity index is 2.02. The van der Waals surface area contributed by atoms with Crippen LogP contribution in [-0.2, 0) is 19.1 Å². The van der Waals surface area contributed by atoms with Crippen molar-refractivity contribution in [3.8, 4) is 0 Å². The molecule has 2 fully saturated rings. The van der Waals surface area contributed by atoms with Gasteiger partial charge in [0.05, 0.1) is 19.3 Å². The van der Waals surface area contributed by atoms with E-state index in [1.165, 1.54) is 0 Å². The Morgan fingerprint density at radius 2 is 1.92 bits per heavy atom. The summed E-state index contributed by atoms with van der Waals surface area (Å²) in [5.41, 5.74) is -0.165. The average molecular weight is 355 g/mol. The van der Waals surface area contributed by atoms with Crippen LogP contribution >= 0.6 is 0 Å². The summed E-state index contributed by atoms with van der Waals surface area (Å²) < 4.78 is 10.5. The van der Waals surface area contributed by atoms with E-state index in [1.807, 2.05) is 20.8 Å². The van der Waals surface area contributed by atoms with Crippen LogP contribution in [0.4, 0.5) is 4.79 Å². The van der Waals surface area contributed by atoms with E-state index >= 15 is 0 Å². The number of hydrogen-bond acceptors (Lipinski definition) is 5. The van der Waals surface area contributed by atoms with Gasteiger partial charge in [-0.15, -0.1) is 0 Å². The minimum atomic E-state index is -0.712. The Labute approximate surface area is 148 Å². The molecule has 0 aliphatic carbocycles. The van der Waals surface area contributed by atoms with Gasteiger partial charge in [0.15, 0.2) is 5.78 Å². The molecule has 142 valence electrons. The molecular weight excluding hydrogens is 326 g/mol. The number of Topliss-reactive ketones (excluding diaryl/α,β-unsaturated/α-hetero) is 1. The first-order valence-corrected chi connectivity index (χ1v) is 8.75. The molecule has 0 bridgehead atoms. The number of rotatable bonds is 4. The van der Waals surface area contributed by atoms with Crippen molar-refractivity contribution in [3.63, 3.8) is 0 Å². The van der Waals surface area contributed by atoms with E-state index < -0.39 is 12.1 Å². The smallest absolute Gasteiger partial charge is 0.318 e. The third-order valence-electron chi connectivity index (χ3n) is 4.33. The molecule has 3 atom stereocenters. The van der Waals surface area contributed by atoms with E-state index in [0.717, 1.165) is 0 Å². The number of urea groups is 1. The van der Waals surface area contributed by atoms with Crippen LogP contribution in [0, 0.1) is 5.41 Å². The zero-order valence-electron chi connectivity index (χ0n) is 15.5. The van der Waals surface area contributed by atoms with Crippen LogP contribution in [0.15, 0.2) is 0 Å². The van der Waals surface area contributed by atoms with Gasteiger partial charge in [0.25, 0.3) is 0 Å². The molecule has 2 saturated heterocycles. The van der Waals surface area contributed by atoms with Crippen LogP contribution in [0.25, 0.3) is 0 Å². The molecular formula is C17H29N3O5. The van der Waals surface area contributed by atoms with Crippen molar-refractivity contribution in [1.29, 1.82) is 0 Å². The lowest BCUT2D eigenvalue weighted by Crippen LogP contribution is -2.57. The highest BCUT2D eigenvalue weighted by Gasteiger charge is 2.37. The van der Waals surface area contributed by atoms with Crippen LogP contribution < -0.4 is 10.6 Å². The second-order valence-electron chi connectivity index (χ2n) is 7.83. The number of nitrogens with one attached hydrogen (secondary N) is 2. The molecule has 0 saturated carbocycles. The standard InChI is InChI=1S/C17H29N3O5/c1-11-14(13(21)10-25-11)19-15(22)12(9-17(2,3)4)18-16(23)20-5-7-24-8-6-20/h11-12,14H,5-10H2,1-4H3,(H,18,23)(H,19,22)/t11-,12?,14-/m0/s1. The highest BCUT2D eigenvalue weighted by atomic mass is 16.5. The van der Waals surface area contributed by atoms with E-state index in [2.05, 4.69) is 10.6 Å². The first-order chi connectivity index (χ1) is 11.7. The first kappa shape index (κ1) is 19.7. The minimum Gasteiger partial charge on any atom is -0.378 e. The molecule has 8 nitrogen and oxygen atoms in total. The molecule has 2 aliphatic heterocycles. The third-order valence-corrected chi connectivity index (χ3v) is 4.33. The largest absolute Gasteiger partial charge is 0.378 e. The maximum absolute atomic E-state index is 12.7. The zero-order valence-corrected chi connectivity index (χ0v) is 15.5. The fraction of sp³-hybridized carbons (Fsp3) is 0.824. The molecule has 0 radical (unpaired) electrons. The summed E-state index contributed by atoms with van der Waals surface area (Å²) in [4.78, 5) is 38.6. The van der Waals surface area contributed by atoms with Crippen LogP contribution in [0.5, 0.6) is 0 Å². The molecule has 0 aromatic carbocycles. The monoisotopic (exact) mass is 355 g/mol. The van der Waals surface area contributed by atoms with E-state index in [1.54, 1.807) is 11.8 Å². The molecule has 1 unspecified atom stereocenters. The Kier molecular flexibility index (Phi) is 6.40. The molecule has 2 heterocycles. The van der Waals surface area contributed by atoms with Gasteiger partial charge in [-0.25, -0.2) is 4.79 Å². The summed E-state index contributed by atoms with van der Waals surface area (Å²) in [7, 11) is 0. The molecule has 3 amide bonds. The summed E-state index contributed by atoms with van der Waals surface area (Å²) in [5.74, 6) is -0.498. The summed E-state index contributed by atoms with van der Waals surface area (Å²) in [6.45, 7) is 9.76. The van der Waals surface area contributed by atoms with E-state index in [9.17, 15) is 14.4 Å². The molecule has 2 aliphatic rings. The van der Waals surface area contributed by atoms with Crippen LogP contribution in [0.3, 0.4) is 0 Å². The number of morpholine rings is 1. The molecule has 2 rings (SSSR count). The SMILES string of the molecule is C[C@@H]1OCC(=O)[C@H]1NC(=O)C(CC(C)(C)C)NC(=O)N1CCOCC1. The van der Waals surface area contributed by atoms with E-state index in [0.29, 0.717) is 32.7 Å². The van der Waals surface area contributed by atoms with Crippen molar-refractivity contribution in [1.82, 2.24) is 15.5 Å². The van der Waals surface area contributed by atoms with Gasteiger partial charge in [-0.05, 0) is 18.8 Å². The number of carbonyl (C=O) groups excluding carboxylic acids is 3. The third kappa shape index (κ3) is 5.67. The maximum Gasteiger partial charge on any atom is 0.318 e. The number of hydrogen-bond donors (Lipinski definition) is 2. The molecule has 8 heteroatoms. The molecule has 2 N–H and O–H groups in total. The predicted octanol–water partition coefficient (Wildman–Crippen LogP) is 0.306. The normalized spacial score (nSPS) is 25.6. The predicted molar refractivity (Wildman–Crippen MR) is 91.1 cm³/mol. The number of nitrogens with zero attached hydrogens (tertiary/aromatic N) is 1. The fourth-order valence-electron chi connectivity index (χ4n) is 2.94. The van der Waals surface area contributed by atoms with Gasteiger partial charge in [0.2, 0.25) is 5.91 Å². The van der Waals surface area contributed by atoms with E-state index in [-0.39, 0.29) is 35.8 Å². The Hall–Kier alpha value is -1.67. The topological polar surface area (TPSA) is 97.0 Å². The van der Waals surface area contributed by atoms with Gasteiger partial charge in [-0.3, -0.25) is 9.59 Å². The quantitative estimate of drug-likeness (QED) is 0.756. The lowest BCUT2D eigenvalue weighted by molar-refractivity contribution is -0.128. The molecule has 25 heavy (non-hydrogen) atoms. The van der Waals surface area contributed by atoms with Crippen molar-refractivity contribution >= 4 is 17.7 Å². The fourth-order valence-corrected chi connectivity index (χ4v) is 2.94.